The number of nitrogens with one attached hydrogen (secondary N) is 1. The Kier molecular flexibility index (Phi) is 4.80. The van der Waals surface area contributed by atoms with Crippen LogP contribution in [0.1, 0.15) is 29.1 Å². The Morgan fingerprint density at radius 1 is 1.36 bits per heavy atom. The summed E-state index contributed by atoms with van der Waals surface area (Å²) in [6.07, 6.45) is 5.77. The van der Waals surface area contributed by atoms with Crippen molar-refractivity contribution in [1.29, 1.82) is 0 Å². The van der Waals surface area contributed by atoms with Gasteiger partial charge in [0, 0.05) is 42.3 Å². The average Bonchev–Trinajstić information content (AvgIpc) is 2.91. The van der Waals surface area contributed by atoms with Gasteiger partial charge in [-0.05, 0) is 32.8 Å². The summed E-state index contributed by atoms with van der Waals surface area (Å²) in [5, 5.41) is 7.09. The van der Waals surface area contributed by atoms with Crippen LogP contribution in [-0.4, -0.2) is 50.9 Å². The lowest BCUT2D eigenvalue weighted by Crippen LogP contribution is -2.42. The summed E-state index contributed by atoms with van der Waals surface area (Å²) in [5.74, 6) is 0. The van der Waals surface area contributed by atoms with Gasteiger partial charge in [0.2, 0.25) is 0 Å². The van der Waals surface area contributed by atoms with Crippen molar-refractivity contribution in [2.24, 2.45) is 0 Å². The zero-order valence-electron chi connectivity index (χ0n) is 13.2. The van der Waals surface area contributed by atoms with Crippen LogP contribution in [0.2, 0.25) is 0 Å². The van der Waals surface area contributed by atoms with Gasteiger partial charge in [-0.2, -0.15) is 5.10 Å². The minimum absolute atomic E-state index is 0.274. The fraction of sp³-hybridized carbons (Fsp3) is 0.562. The fourth-order valence-corrected chi connectivity index (χ4v) is 2.83. The second kappa shape index (κ2) is 6.98. The number of hydrogen-bond acceptors (Lipinski definition) is 5. The predicted octanol–water partition coefficient (Wildman–Crippen LogP) is 1.65. The number of aromatic nitrogens is 4. The molecule has 2 aromatic rings. The lowest BCUT2D eigenvalue weighted by atomic mass is 10.1. The van der Waals surface area contributed by atoms with Crippen molar-refractivity contribution in [3.8, 4) is 0 Å². The van der Waals surface area contributed by atoms with Crippen molar-refractivity contribution in [2.75, 3.05) is 19.7 Å². The second-order valence-corrected chi connectivity index (χ2v) is 5.94. The summed E-state index contributed by atoms with van der Waals surface area (Å²) in [7, 11) is 0. The van der Waals surface area contributed by atoms with E-state index in [2.05, 4.69) is 38.1 Å². The van der Waals surface area contributed by atoms with E-state index in [0.717, 1.165) is 56.2 Å². The molecule has 3 heterocycles. The number of ether oxygens (including phenoxy) is 1. The van der Waals surface area contributed by atoms with Gasteiger partial charge in [0.15, 0.2) is 0 Å². The van der Waals surface area contributed by atoms with E-state index in [4.69, 9.17) is 4.74 Å². The molecular weight excluding hydrogens is 278 g/mol. The Bertz CT molecular complexity index is 612. The summed E-state index contributed by atoms with van der Waals surface area (Å²) in [4.78, 5) is 10.9. The smallest absolute Gasteiger partial charge is 0.115 e. The van der Waals surface area contributed by atoms with Crippen LogP contribution >= 0.6 is 0 Å². The topological polar surface area (TPSA) is 66.9 Å². The summed E-state index contributed by atoms with van der Waals surface area (Å²) >= 11 is 0. The summed E-state index contributed by atoms with van der Waals surface area (Å²) in [6.45, 7) is 7.75. The van der Waals surface area contributed by atoms with E-state index >= 15 is 0 Å². The first kappa shape index (κ1) is 15.1. The number of nitrogens with zero attached hydrogens (tertiary/aromatic N) is 4. The summed E-state index contributed by atoms with van der Waals surface area (Å²) in [5.41, 5.74) is 4.54. The van der Waals surface area contributed by atoms with E-state index in [-0.39, 0.29) is 6.10 Å². The Labute approximate surface area is 130 Å². The van der Waals surface area contributed by atoms with Crippen molar-refractivity contribution in [3.63, 3.8) is 0 Å². The molecule has 0 spiro atoms. The molecule has 1 aliphatic rings. The van der Waals surface area contributed by atoms with Gasteiger partial charge in [-0.1, -0.05) is 0 Å². The number of morpholine rings is 1. The summed E-state index contributed by atoms with van der Waals surface area (Å²) < 4.78 is 5.90. The van der Waals surface area contributed by atoms with Crippen LogP contribution < -0.4 is 0 Å². The molecule has 0 aromatic carbocycles. The standard InChI is InChI=1S/C16H23N5O/c1-12-7-15(18-11-17-12)3-4-16-10-21(5-6-22-16)9-14-8-19-20-13(14)2/h7-8,11,16H,3-6,9-10H2,1-2H3,(H,19,20)/t16-/m0/s1. The highest BCUT2D eigenvalue weighted by molar-refractivity contribution is 5.14. The van der Waals surface area contributed by atoms with Crippen LogP contribution in [0.25, 0.3) is 0 Å². The molecule has 1 N–H and O–H groups in total. The van der Waals surface area contributed by atoms with Crippen LogP contribution in [0, 0.1) is 13.8 Å². The predicted molar refractivity (Wildman–Crippen MR) is 83.4 cm³/mol. The van der Waals surface area contributed by atoms with E-state index in [1.165, 1.54) is 5.56 Å². The quantitative estimate of drug-likeness (QED) is 0.909. The highest BCUT2D eigenvalue weighted by Crippen LogP contribution is 2.15. The third kappa shape index (κ3) is 3.90. The Morgan fingerprint density at radius 2 is 2.27 bits per heavy atom. The zero-order chi connectivity index (χ0) is 15.4. The lowest BCUT2D eigenvalue weighted by Gasteiger charge is -2.32. The molecule has 0 unspecified atom stereocenters. The zero-order valence-corrected chi connectivity index (χ0v) is 13.2. The largest absolute Gasteiger partial charge is 0.376 e. The first-order valence-corrected chi connectivity index (χ1v) is 7.81. The third-order valence-electron chi connectivity index (χ3n) is 4.13. The molecule has 6 heteroatoms. The van der Waals surface area contributed by atoms with Crippen molar-refractivity contribution in [3.05, 3.63) is 41.2 Å². The number of hydrogen-bond donors (Lipinski definition) is 1. The molecule has 1 aliphatic heterocycles. The number of rotatable bonds is 5. The van der Waals surface area contributed by atoms with Crippen LogP contribution in [0.3, 0.4) is 0 Å². The van der Waals surface area contributed by atoms with Gasteiger partial charge in [0.25, 0.3) is 0 Å². The minimum atomic E-state index is 0.274. The maximum absolute atomic E-state index is 5.90. The monoisotopic (exact) mass is 301 g/mol. The molecule has 1 saturated heterocycles. The van der Waals surface area contributed by atoms with E-state index < -0.39 is 0 Å². The molecule has 2 aromatic heterocycles. The third-order valence-corrected chi connectivity index (χ3v) is 4.13. The van der Waals surface area contributed by atoms with E-state index in [1.54, 1.807) is 6.33 Å². The van der Waals surface area contributed by atoms with E-state index in [9.17, 15) is 0 Å². The Morgan fingerprint density at radius 3 is 3.05 bits per heavy atom. The van der Waals surface area contributed by atoms with Gasteiger partial charge in [0.05, 0.1) is 18.9 Å². The maximum atomic E-state index is 5.90. The maximum Gasteiger partial charge on any atom is 0.115 e. The SMILES string of the molecule is Cc1cc(CC[C@H]2CN(Cc3cn[nH]c3C)CCO2)ncn1. The minimum Gasteiger partial charge on any atom is -0.376 e. The number of H-pyrrole nitrogens is 1. The fourth-order valence-electron chi connectivity index (χ4n) is 2.83. The normalized spacial score (nSPS) is 19.5. The first-order valence-electron chi connectivity index (χ1n) is 7.81. The van der Waals surface area contributed by atoms with Crippen LogP contribution in [0.4, 0.5) is 0 Å². The van der Waals surface area contributed by atoms with Crippen molar-refractivity contribution in [2.45, 2.75) is 39.3 Å². The molecule has 0 saturated carbocycles. The van der Waals surface area contributed by atoms with E-state index in [1.807, 2.05) is 13.1 Å². The van der Waals surface area contributed by atoms with Crippen LogP contribution in [-0.2, 0) is 17.7 Å². The highest BCUT2D eigenvalue weighted by Gasteiger charge is 2.21. The van der Waals surface area contributed by atoms with Gasteiger partial charge >= 0.3 is 0 Å². The Balaban J connectivity index is 1.51. The van der Waals surface area contributed by atoms with Crippen molar-refractivity contribution in [1.82, 2.24) is 25.1 Å². The van der Waals surface area contributed by atoms with Gasteiger partial charge in [-0.15, -0.1) is 0 Å². The molecule has 22 heavy (non-hydrogen) atoms. The van der Waals surface area contributed by atoms with Crippen molar-refractivity contribution < 1.29 is 4.74 Å². The second-order valence-electron chi connectivity index (χ2n) is 5.94. The van der Waals surface area contributed by atoms with Gasteiger partial charge in [0.1, 0.15) is 6.33 Å². The molecule has 6 nitrogen and oxygen atoms in total. The molecule has 1 fully saturated rings. The average molecular weight is 301 g/mol. The molecule has 0 aliphatic carbocycles. The Hall–Kier alpha value is -1.79. The number of aromatic amines is 1. The van der Waals surface area contributed by atoms with Crippen molar-refractivity contribution >= 4 is 0 Å². The van der Waals surface area contributed by atoms with Crippen LogP contribution in [0.5, 0.6) is 0 Å². The van der Waals surface area contributed by atoms with E-state index in [0.29, 0.717) is 0 Å². The van der Waals surface area contributed by atoms with Crippen LogP contribution in [0.15, 0.2) is 18.6 Å². The lowest BCUT2D eigenvalue weighted by molar-refractivity contribution is -0.0347. The molecule has 1 atom stereocenters. The number of aryl methyl sites for hydroxylation is 3. The molecular formula is C16H23N5O. The summed E-state index contributed by atoms with van der Waals surface area (Å²) in [6, 6.07) is 2.05. The molecule has 118 valence electrons. The first-order chi connectivity index (χ1) is 10.7. The molecule has 0 radical (unpaired) electrons. The van der Waals surface area contributed by atoms with Gasteiger partial charge in [-0.3, -0.25) is 10.00 Å². The molecule has 0 amide bonds. The highest BCUT2D eigenvalue weighted by atomic mass is 16.5. The van der Waals surface area contributed by atoms with Gasteiger partial charge < -0.3 is 4.74 Å². The molecule has 3 rings (SSSR count). The molecule has 0 bridgehead atoms. The van der Waals surface area contributed by atoms with Gasteiger partial charge in [-0.25, -0.2) is 9.97 Å².